The highest BCUT2D eigenvalue weighted by Crippen LogP contribution is 2.33. The molecule has 24 heavy (non-hydrogen) atoms. The van der Waals surface area contributed by atoms with Crippen molar-refractivity contribution in [1.29, 1.82) is 0 Å². The molecule has 4 nitrogen and oxygen atoms in total. The van der Waals surface area contributed by atoms with Crippen LogP contribution in [0.2, 0.25) is 0 Å². The van der Waals surface area contributed by atoms with Gasteiger partial charge in [0.15, 0.2) is 0 Å². The molecule has 3 atom stereocenters. The van der Waals surface area contributed by atoms with E-state index in [0.717, 1.165) is 10.5 Å². The van der Waals surface area contributed by atoms with Crippen molar-refractivity contribution in [2.45, 2.75) is 44.5 Å². The van der Waals surface area contributed by atoms with Gasteiger partial charge < -0.3 is 14.7 Å². The van der Waals surface area contributed by atoms with Crippen LogP contribution < -0.4 is 0 Å². The number of cyclic esters (lactones) is 1. The third-order valence-electron chi connectivity index (χ3n) is 4.25. The molecule has 1 saturated heterocycles. The Kier molecular flexibility index (Phi) is 6.10. The summed E-state index contributed by atoms with van der Waals surface area (Å²) in [7, 11) is 0. The molecule has 1 aromatic carbocycles. The molecule has 7 heteroatoms. The molecule has 0 aromatic heterocycles. The van der Waals surface area contributed by atoms with Gasteiger partial charge in [-0.25, -0.2) is 4.79 Å². The minimum atomic E-state index is -4.57. The van der Waals surface area contributed by atoms with Gasteiger partial charge in [0.05, 0.1) is 18.1 Å². The van der Waals surface area contributed by atoms with Crippen molar-refractivity contribution < 1.29 is 27.8 Å². The molecule has 1 aliphatic rings. The summed E-state index contributed by atoms with van der Waals surface area (Å²) in [6, 6.07) is 8.76. The summed E-state index contributed by atoms with van der Waals surface area (Å²) >= 11 is 0. The molecule has 1 amide bonds. The zero-order chi connectivity index (χ0) is 17.7. The lowest BCUT2D eigenvalue weighted by Crippen LogP contribution is -2.47. The number of hydrogen-bond donors (Lipinski definition) is 1. The largest absolute Gasteiger partial charge is 0.447 e. The van der Waals surface area contributed by atoms with Crippen LogP contribution in [-0.4, -0.2) is 47.6 Å². The molecule has 1 aliphatic heterocycles. The molecule has 0 bridgehead atoms. The third kappa shape index (κ3) is 4.63. The Bertz CT molecular complexity index is 536. The smallest absolute Gasteiger partial charge is 0.410 e. The van der Waals surface area contributed by atoms with Crippen molar-refractivity contribution in [3.05, 3.63) is 35.9 Å². The molecule has 0 radical (unpaired) electrons. The number of carbonyl (C=O) groups excluding carboxylic acids is 1. The van der Waals surface area contributed by atoms with Crippen molar-refractivity contribution >= 4 is 6.09 Å². The predicted molar refractivity (Wildman–Crippen MR) is 82.4 cm³/mol. The van der Waals surface area contributed by atoms with Gasteiger partial charge in [0.2, 0.25) is 0 Å². The van der Waals surface area contributed by atoms with Gasteiger partial charge in [-0.2, -0.15) is 13.2 Å². The van der Waals surface area contributed by atoms with Crippen molar-refractivity contribution in [1.82, 2.24) is 4.90 Å². The Morgan fingerprint density at radius 3 is 2.58 bits per heavy atom. The maximum atomic E-state index is 13.3. The van der Waals surface area contributed by atoms with Crippen LogP contribution in [0.4, 0.5) is 18.0 Å². The van der Waals surface area contributed by atoms with E-state index in [1.807, 2.05) is 30.3 Å². The summed E-state index contributed by atoms with van der Waals surface area (Å²) < 4.78 is 44.8. The number of aliphatic hydroxyl groups excluding tert-OH is 1. The minimum absolute atomic E-state index is 0.0381. The number of aliphatic hydroxyl groups is 1. The number of nitrogens with zero attached hydrogens (tertiary/aromatic N) is 1. The minimum Gasteiger partial charge on any atom is -0.447 e. The number of benzene rings is 1. The summed E-state index contributed by atoms with van der Waals surface area (Å²) in [5.41, 5.74) is 0.920. The fourth-order valence-electron chi connectivity index (χ4n) is 2.92. The highest BCUT2D eigenvalue weighted by atomic mass is 19.4. The molecule has 134 valence electrons. The van der Waals surface area contributed by atoms with E-state index in [9.17, 15) is 23.1 Å². The van der Waals surface area contributed by atoms with Gasteiger partial charge in [0.1, 0.15) is 6.61 Å². The molecule has 1 fully saturated rings. The van der Waals surface area contributed by atoms with Crippen LogP contribution in [0.15, 0.2) is 30.3 Å². The number of amides is 1. The van der Waals surface area contributed by atoms with E-state index in [2.05, 4.69) is 0 Å². The number of hydrogen-bond acceptors (Lipinski definition) is 3. The van der Waals surface area contributed by atoms with Crippen LogP contribution in [0, 0.1) is 5.92 Å². The summed E-state index contributed by atoms with van der Waals surface area (Å²) in [4.78, 5) is 13.0. The predicted octanol–water partition coefficient (Wildman–Crippen LogP) is 3.39. The average Bonchev–Trinajstić information content (AvgIpc) is 2.85. The van der Waals surface area contributed by atoms with E-state index in [1.54, 1.807) is 6.92 Å². The van der Waals surface area contributed by atoms with Crippen LogP contribution in [0.1, 0.15) is 25.3 Å². The Labute approximate surface area is 139 Å². The summed E-state index contributed by atoms with van der Waals surface area (Å²) in [5.74, 6) is -1.97. The lowest BCUT2D eigenvalue weighted by molar-refractivity contribution is -0.203. The van der Waals surface area contributed by atoms with Crippen LogP contribution in [0.5, 0.6) is 0 Å². The van der Waals surface area contributed by atoms with Gasteiger partial charge in [-0.05, 0) is 18.4 Å². The average molecular weight is 345 g/mol. The van der Waals surface area contributed by atoms with Crippen LogP contribution in [0.25, 0.3) is 0 Å². The van der Waals surface area contributed by atoms with E-state index in [-0.39, 0.29) is 13.0 Å². The highest BCUT2D eigenvalue weighted by molar-refractivity contribution is 5.70. The molecule has 1 heterocycles. The fourth-order valence-corrected chi connectivity index (χ4v) is 2.92. The Hall–Kier alpha value is -1.76. The first kappa shape index (κ1) is 18.6. The summed E-state index contributed by atoms with van der Waals surface area (Å²) in [6.45, 7) is 1.18. The lowest BCUT2D eigenvalue weighted by atomic mass is 9.96. The van der Waals surface area contributed by atoms with E-state index in [1.165, 1.54) is 0 Å². The third-order valence-corrected chi connectivity index (χ3v) is 4.25. The standard InChI is InChI=1S/C17H22F3NO3/c1-2-6-15(22)14(17(18,19)20)10-21-13(11-24-16(21)23)9-12-7-4-3-5-8-12/h3-5,7-8,13-15,22H,2,6,9-11H2,1H3/t13-,14-,15+/m0/s1. The first-order valence-electron chi connectivity index (χ1n) is 8.05. The van der Waals surface area contributed by atoms with Gasteiger partial charge in [0, 0.05) is 6.54 Å². The molecule has 0 saturated carbocycles. The Morgan fingerprint density at radius 2 is 2.00 bits per heavy atom. The lowest BCUT2D eigenvalue weighted by Gasteiger charge is -2.31. The molecular weight excluding hydrogens is 323 g/mol. The Morgan fingerprint density at radius 1 is 1.33 bits per heavy atom. The fraction of sp³-hybridized carbons (Fsp3) is 0.588. The van der Waals surface area contributed by atoms with Gasteiger partial charge in [-0.3, -0.25) is 0 Å². The van der Waals surface area contributed by atoms with Gasteiger partial charge >= 0.3 is 12.3 Å². The number of ether oxygens (including phenoxy) is 1. The van der Waals surface area contributed by atoms with Gasteiger partial charge in [0.25, 0.3) is 0 Å². The van der Waals surface area contributed by atoms with E-state index < -0.39 is 36.9 Å². The quantitative estimate of drug-likeness (QED) is 0.824. The SMILES string of the molecule is CCC[C@@H](O)[C@H](CN1C(=O)OC[C@@H]1Cc1ccccc1)C(F)(F)F. The summed E-state index contributed by atoms with van der Waals surface area (Å²) in [6.07, 6.45) is -5.97. The van der Waals surface area contributed by atoms with E-state index >= 15 is 0 Å². The number of halogens is 3. The molecule has 2 rings (SSSR count). The zero-order valence-electron chi connectivity index (χ0n) is 13.5. The number of alkyl halides is 3. The van der Waals surface area contributed by atoms with Crippen LogP contribution in [0.3, 0.4) is 0 Å². The second-order valence-electron chi connectivity index (χ2n) is 6.08. The first-order chi connectivity index (χ1) is 11.3. The zero-order valence-corrected chi connectivity index (χ0v) is 13.5. The second-order valence-corrected chi connectivity index (χ2v) is 6.08. The van der Waals surface area contributed by atoms with Gasteiger partial charge in [-0.1, -0.05) is 43.7 Å². The van der Waals surface area contributed by atoms with Crippen molar-refractivity contribution in [3.63, 3.8) is 0 Å². The van der Waals surface area contributed by atoms with Crippen LogP contribution in [-0.2, 0) is 11.2 Å². The molecule has 0 spiro atoms. The topological polar surface area (TPSA) is 49.8 Å². The molecule has 0 unspecified atom stereocenters. The second kappa shape index (κ2) is 7.88. The molecule has 1 N–H and O–H groups in total. The highest BCUT2D eigenvalue weighted by Gasteiger charge is 2.47. The monoisotopic (exact) mass is 345 g/mol. The normalized spacial score (nSPS) is 20.8. The van der Waals surface area contributed by atoms with E-state index in [4.69, 9.17) is 4.74 Å². The van der Waals surface area contributed by atoms with Crippen molar-refractivity contribution in [2.75, 3.05) is 13.2 Å². The van der Waals surface area contributed by atoms with Crippen molar-refractivity contribution in [2.24, 2.45) is 5.92 Å². The maximum absolute atomic E-state index is 13.3. The first-order valence-corrected chi connectivity index (χ1v) is 8.05. The molecule has 1 aromatic rings. The van der Waals surface area contributed by atoms with E-state index in [0.29, 0.717) is 12.8 Å². The van der Waals surface area contributed by atoms with Crippen molar-refractivity contribution in [3.8, 4) is 0 Å². The Balaban J connectivity index is 2.12. The number of rotatable bonds is 7. The summed E-state index contributed by atoms with van der Waals surface area (Å²) in [5, 5.41) is 9.87. The number of carbonyl (C=O) groups is 1. The maximum Gasteiger partial charge on any atom is 0.410 e. The van der Waals surface area contributed by atoms with Gasteiger partial charge in [-0.15, -0.1) is 0 Å². The molecular formula is C17H22F3NO3. The molecule has 0 aliphatic carbocycles. The van der Waals surface area contributed by atoms with Crippen LogP contribution >= 0.6 is 0 Å².